The van der Waals surface area contributed by atoms with Crippen molar-refractivity contribution in [2.24, 2.45) is 0 Å². The van der Waals surface area contributed by atoms with Crippen LogP contribution in [0.3, 0.4) is 0 Å². The first kappa shape index (κ1) is 19.3. The van der Waals surface area contributed by atoms with Crippen LogP contribution in [-0.2, 0) is 16.1 Å². The molecule has 0 aliphatic carbocycles. The Kier molecular flexibility index (Phi) is 6.16. The van der Waals surface area contributed by atoms with Crippen molar-refractivity contribution in [2.45, 2.75) is 33.7 Å². The number of nitrogens with zero attached hydrogens (tertiary/aromatic N) is 4. The standard InChI is InChI=1S/C21H23N5O2/c1-4-6-15(3)28-19(5-2)17-8-7-16-12-23-20(11-18(16)24-17)25-21(27)13-26-10-9-22-14-26/h5-12,14H,4,13H2,1-3H3,(H,23,25,27)/b15-6+,19-5-. The minimum atomic E-state index is -0.182. The fourth-order valence-electron chi connectivity index (χ4n) is 2.71. The summed E-state index contributed by atoms with van der Waals surface area (Å²) in [5.74, 6) is 1.79. The lowest BCUT2D eigenvalue weighted by atomic mass is 10.2. The molecule has 0 radical (unpaired) electrons. The van der Waals surface area contributed by atoms with Gasteiger partial charge in [-0.05, 0) is 44.6 Å². The average Bonchev–Trinajstić information content (AvgIpc) is 3.18. The van der Waals surface area contributed by atoms with E-state index in [1.807, 2.05) is 38.1 Å². The Morgan fingerprint density at radius 2 is 2.21 bits per heavy atom. The molecule has 0 bridgehead atoms. The Balaban J connectivity index is 1.80. The van der Waals surface area contributed by atoms with Gasteiger partial charge in [0.1, 0.15) is 23.8 Å². The number of pyridine rings is 2. The van der Waals surface area contributed by atoms with Crippen LogP contribution >= 0.6 is 0 Å². The molecule has 0 saturated carbocycles. The number of rotatable bonds is 7. The first-order chi connectivity index (χ1) is 13.6. The second-order valence-electron chi connectivity index (χ2n) is 6.22. The summed E-state index contributed by atoms with van der Waals surface area (Å²) in [6.45, 7) is 6.07. The van der Waals surface area contributed by atoms with Crippen molar-refractivity contribution in [3.63, 3.8) is 0 Å². The third-order valence-corrected chi connectivity index (χ3v) is 4.00. The number of hydrogen-bond acceptors (Lipinski definition) is 5. The normalized spacial score (nSPS) is 12.2. The number of allylic oxidation sites excluding steroid dienone is 3. The number of imidazole rings is 1. The molecule has 7 nitrogen and oxygen atoms in total. The highest BCUT2D eigenvalue weighted by molar-refractivity contribution is 5.92. The van der Waals surface area contributed by atoms with Gasteiger partial charge < -0.3 is 14.6 Å². The molecule has 0 unspecified atom stereocenters. The minimum absolute atomic E-state index is 0.173. The number of anilines is 1. The largest absolute Gasteiger partial charge is 0.460 e. The van der Waals surface area contributed by atoms with Gasteiger partial charge in [0, 0.05) is 30.0 Å². The summed E-state index contributed by atoms with van der Waals surface area (Å²) in [5.41, 5.74) is 1.45. The molecule has 28 heavy (non-hydrogen) atoms. The number of carbonyl (C=O) groups is 1. The number of nitrogens with one attached hydrogen (secondary N) is 1. The summed E-state index contributed by atoms with van der Waals surface area (Å²) >= 11 is 0. The van der Waals surface area contributed by atoms with E-state index < -0.39 is 0 Å². The molecule has 0 aromatic carbocycles. The van der Waals surface area contributed by atoms with Crippen molar-refractivity contribution in [3.8, 4) is 0 Å². The van der Waals surface area contributed by atoms with E-state index >= 15 is 0 Å². The van der Waals surface area contributed by atoms with E-state index in [9.17, 15) is 4.79 Å². The topological polar surface area (TPSA) is 81.9 Å². The lowest BCUT2D eigenvalue weighted by Gasteiger charge is -2.11. The molecule has 0 aliphatic heterocycles. The van der Waals surface area contributed by atoms with Gasteiger partial charge in [-0.3, -0.25) is 4.79 Å². The maximum Gasteiger partial charge on any atom is 0.245 e. The molecule has 144 valence electrons. The lowest BCUT2D eigenvalue weighted by molar-refractivity contribution is -0.116. The first-order valence-corrected chi connectivity index (χ1v) is 9.12. The Labute approximate surface area is 163 Å². The molecule has 7 heteroatoms. The van der Waals surface area contributed by atoms with Crippen LogP contribution in [0.25, 0.3) is 16.7 Å². The van der Waals surface area contributed by atoms with E-state index in [1.165, 1.54) is 0 Å². The minimum Gasteiger partial charge on any atom is -0.460 e. The quantitative estimate of drug-likeness (QED) is 0.625. The monoisotopic (exact) mass is 377 g/mol. The van der Waals surface area contributed by atoms with Crippen molar-refractivity contribution in [2.75, 3.05) is 5.32 Å². The summed E-state index contributed by atoms with van der Waals surface area (Å²) in [6, 6.07) is 5.59. The second kappa shape index (κ2) is 8.94. The fourth-order valence-corrected chi connectivity index (χ4v) is 2.71. The highest BCUT2D eigenvalue weighted by Crippen LogP contribution is 2.22. The van der Waals surface area contributed by atoms with E-state index in [0.29, 0.717) is 11.6 Å². The number of carbonyl (C=O) groups excluding carboxylic acids is 1. The SMILES string of the molecule is C/C=C(\O/C(C)=C/CC)c1ccc2cnc(NC(=O)Cn3ccnc3)cc2n1. The molecule has 3 heterocycles. The van der Waals surface area contributed by atoms with E-state index in [-0.39, 0.29) is 12.5 Å². The van der Waals surface area contributed by atoms with Crippen LogP contribution in [-0.4, -0.2) is 25.4 Å². The van der Waals surface area contributed by atoms with Gasteiger partial charge in [0.15, 0.2) is 0 Å². The number of hydrogen-bond donors (Lipinski definition) is 1. The smallest absolute Gasteiger partial charge is 0.245 e. The van der Waals surface area contributed by atoms with Crippen molar-refractivity contribution in [3.05, 3.63) is 66.7 Å². The molecule has 1 N–H and O–H groups in total. The zero-order chi connectivity index (χ0) is 19.9. The molecule has 1 amide bonds. The summed E-state index contributed by atoms with van der Waals surface area (Å²) in [6.07, 6.45) is 11.5. The molecular weight excluding hydrogens is 354 g/mol. The molecule has 0 fully saturated rings. The van der Waals surface area contributed by atoms with Crippen molar-refractivity contribution >= 4 is 28.4 Å². The Morgan fingerprint density at radius 1 is 1.36 bits per heavy atom. The van der Waals surface area contributed by atoms with Gasteiger partial charge in [-0.15, -0.1) is 0 Å². The third-order valence-electron chi connectivity index (χ3n) is 4.00. The number of amides is 1. The van der Waals surface area contributed by atoms with Crippen LogP contribution in [0.5, 0.6) is 0 Å². The Bertz CT molecular complexity index is 1020. The van der Waals surface area contributed by atoms with Gasteiger partial charge in [0.25, 0.3) is 0 Å². The van der Waals surface area contributed by atoms with Crippen LogP contribution in [0.1, 0.15) is 32.9 Å². The zero-order valence-corrected chi connectivity index (χ0v) is 16.2. The van der Waals surface area contributed by atoms with Gasteiger partial charge in [0.2, 0.25) is 5.91 Å². The molecule has 0 spiro atoms. The number of ether oxygens (including phenoxy) is 1. The van der Waals surface area contributed by atoms with Crippen LogP contribution in [0.2, 0.25) is 0 Å². The maximum atomic E-state index is 12.2. The maximum absolute atomic E-state index is 12.2. The predicted octanol–water partition coefficient (Wildman–Crippen LogP) is 4.16. The van der Waals surface area contributed by atoms with Gasteiger partial charge in [-0.1, -0.05) is 6.92 Å². The van der Waals surface area contributed by atoms with Crippen molar-refractivity contribution in [1.82, 2.24) is 19.5 Å². The molecule has 3 rings (SSSR count). The molecule has 3 aromatic heterocycles. The molecule has 0 atom stereocenters. The average molecular weight is 377 g/mol. The van der Waals surface area contributed by atoms with Crippen LogP contribution < -0.4 is 5.32 Å². The predicted molar refractivity (Wildman–Crippen MR) is 109 cm³/mol. The number of aromatic nitrogens is 4. The van der Waals surface area contributed by atoms with Gasteiger partial charge >= 0.3 is 0 Å². The van der Waals surface area contributed by atoms with E-state index in [1.54, 1.807) is 35.6 Å². The van der Waals surface area contributed by atoms with Crippen molar-refractivity contribution < 1.29 is 9.53 Å². The van der Waals surface area contributed by atoms with Crippen LogP contribution in [0.15, 0.2) is 61.0 Å². The van der Waals surface area contributed by atoms with Crippen molar-refractivity contribution in [1.29, 1.82) is 0 Å². The summed E-state index contributed by atoms with van der Waals surface area (Å²) in [7, 11) is 0. The lowest BCUT2D eigenvalue weighted by Crippen LogP contribution is -2.18. The molecule has 3 aromatic rings. The third kappa shape index (κ3) is 4.82. The van der Waals surface area contributed by atoms with E-state index in [4.69, 9.17) is 4.74 Å². The highest BCUT2D eigenvalue weighted by atomic mass is 16.5. The van der Waals surface area contributed by atoms with Gasteiger partial charge in [-0.2, -0.15) is 0 Å². The first-order valence-electron chi connectivity index (χ1n) is 9.12. The highest BCUT2D eigenvalue weighted by Gasteiger charge is 2.09. The van der Waals surface area contributed by atoms with E-state index in [0.717, 1.165) is 28.8 Å². The summed E-state index contributed by atoms with van der Waals surface area (Å²) < 4.78 is 7.58. The van der Waals surface area contributed by atoms with Crippen LogP contribution in [0.4, 0.5) is 5.82 Å². The summed E-state index contributed by atoms with van der Waals surface area (Å²) in [4.78, 5) is 25.1. The Hall–Kier alpha value is -3.48. The Morgan fingerprint density at radius 3 is 2.93 bits per heavy atom. The van der Waals surface area contributed by atoms with Gasteiger partial charge in [-0.25, -0.2) is 15.0 Å². The second-order valence-corrected chi connectivity index (χ2v) is 6.22. The van der Waals surface area contributed by atoms with Gasteiger partial charge in [0.05, 0.1) is 17.6 Å². The molecule has 0 aliphatic rings. The molecular formula is C21H23N5O2. The number of fused-ring (bicyclic) bond motifs is 1. The summed E-state index contributed by atoms with van der Waals surface area (Å²) in [5, 5.41) is 3.67. The fraction of sp³-hybridized carbons (Fsp3) is 0.238. The van der Waals surface area contributed by atoms with Crippen LogP contribution in [0, 0.1) is 0 Å². The molecule has 0 saturated heterocycles. The zero-order valence-electron chi connectivity index (χ0n) is 16.2. The van der Waals surface area contributed by atoms with E-state index in [2.05, 4.69) is 27.2 Å².